The predicted molar refractivity (Wildman–Crippen MR) is 249 cm³/mol. The second kappa shape index (κ2) is 17.3. The lowest BCUT2D eigenvalue weighted by atomic mass is 9.57. The van der Waals surface area contributed by atoms with Crippen molar-refractivity contribution in [2.45, 2.75) is 83.2 Å². The summed E-state index contributed by atoms with van der Waals surface area (Å²) in [6.45, 7) is 10.9. The summed E-state index contributed by atoms with van der Waals surface area (Å²) in [7, 11) is 5.09. The van der Waals surface area contributed by atoms with E-state index in [2.05, 4.69) is 106 Å². The maximum atomic E-state index is 9.45. The van der Waals surface area contributed by atoms with Gasteiger partial charge in [-0.25, -0.2) is 0 Å². The van der Waals surface area contributed by atoms with Crippen LogP contribution in [0.4, 0.5) is 0 Å². The van der Waals surface area contributed by atoms with Crippen LogP contribution < -0.4 is 23.7 Å². The number of aliphatic hydroxyl groups is 1. The van der Waals surface area contributed by atoms with Crippen LogP contribution in [0.15, 0.2) is 116 Å². The minimum absolute atomic E-state index is 0.0560. The SMILES string of the molecule is C=C/C=C\C(=C/C)c1ccc2c(c1)C1(CCC(CCC)(CCC)CC1)c1c3c(c4cc(OC)c(OC)cc4c1-2)OC(c1ccc(OC)cc1)(c1ccc(OCCO)cc1)C=C3. The van der Waals surface area contributed by atoms with Gasteiger partial charge in [0.25, 0.3) is 0 Å². The van der Waals surface area contributed by atoms with Gasteiger partial charge in [0.05, 0.1) is 27.9 Å². The van der Waals surface area contributed by atoms with Crippen molar-refractivity contribution in [3.63, 3.8) is 0 Å². The van der Waals surface area contributed by atoms with Crippen molar-refractivity contribution in [3.05, 3.63) is 149 Å². The van der Waals surface area contributed by atoms with Gasteiger partial charge >= 0.3 is 0 Å². The van der Waals surface area contributed by atoms with Crippen LogP contribution in [0.2, 0.25) is 0 Å². The molecule has 2 aliphatic carbocycles. The topological polar surface area (TPSA) is 66.4 Å². The smallest absolute Gasteiger partial charge is 0.178 e. The number of ether oxygens (including phenoxy) is 5. The summed E-state index contributed by atoms with van der Waals surface area (Å²) in [6, 6.07) is 27.6. The summed E-state index contributed by atoms with van der Waals surface area (Å²) in [4.78, 5) is 0. The number of allylic oxidation sites excluding steroid dienone is 5. The molecule has 316 valence electrons. The molecule has 0 amide bonds. The van der Waals surface area contributed by atoms with Gasteiger partial charge in [-0.05, 0) is 138 Å². The van der Waals surface area contributed by atoms with E-state index in [1.807, 2.05) is 36.4 Å². The summed E-state index contributed by atoms with van der Waals surface area (Å²) >= 11 is 0. The number of methoxy groups -OCH3 is 3. The Morgan fingerprint density at radius 2 is 1.43 bits per heavy atom. The molecular weight excluding hydrogens is 757 g/mol. The molecule has 1 saturated carbocycles. The number of hydrogen-bond donors (Lipinski definition) is 1. The molecule has 6 nitrogen and oxygen atoms in total. The molecule has 6 heteroatoms. The zero-order chi connectivity index (χ0) is 42.8. The molecule has 5 aromatic rings. The van der Waals surface area contributed by atoms with E-state index in [9.17, 15) is 5.11 Å². The number of aliphatic hydroxyl groups excluding tert-OH is 1. The van der Waals surface area contributed by atoms with E-state index in [1.165, 1.54) is 71.9 Å². The van der Waals surface area contributed by atoms with E-state index in [1.54, 1.807) is 21.3 Å². The van der Waals surface area contributed by atoms with E-state index in [0.29, 0.717) is 22.7 Å². The molecule has 8 rings (SSSR count). The second-order valence-electron chi connectivity index (χ2n) is 16.9. The highest BCUT2D eigenvalue weighted by Crippen LogP contribution is 2.65. The van der Waals surface area contributed by atoms with Gasteiger partial charge in [0.15, 0.2) is 17.1 Å². The van der Waals surface area contributed by atoms with Crippen molar-refractivity contribution >= 4 is 22.4 Å². The second-order valence-corrected chi connectivity index (χ2v) is 16.9. The van der Waals surface area contributed by atoms with Gasteiger partial charge in [-0.2, -0.15) is 0 Å². The standard InChI is InChI=1S/C55H60O6/c1-8-12-13-37(11-4)38-14-23-43-47(34-38)54(30-28-53(25-9-2,26-10-3)29-31-54)51-44-24-27-55(39-15-19-41(57-5)20-16-39,40-17-21-42(22-18-40)60-33-32-56)61-52(44)46-36-49(59-7)48(58-6)35-45(46)50(43)51/h8,11-24,27,34-36,56H,1,9-10,25-26,28-33H2,2-7H3/b13-12-,37-11+. The quantitative estimate of drug-likeness (QED) is 0.106. The van der Waals surface area contributed by atoms with Gasteiger partial charge in [0.1, 0.15) is 23.9 Å². The largest absolute Gasteiger partial charge is 0.497 e. The molecule has 1 N–H and O–H groups in total. The summed E-state index contributed by atoms with van der Waals surface area (Å²) in [5.41, 5.74) is 9.80. The van der Waals surface area contributed by atoms with Crippen LogP contribution in [-0.4, -0.2) is 39.6 Å². The molecule has 0 bridgehead atoms. The zero-order valence-corrected chi connectivity index (χ0v) is 36.7. The molecule has 1 heterocycles. The predicted octanol–water partition coefficient (Wildman–Crippen LogP) is 13.2. The monoisotopic (exact) mass is 816 g/mol. The van der Waals surface area contributed by atoms with E-state index in [0.717, 1.165) is 51.8 Å². The molecule has 1 aliphatic heterocycles. The minimum Gasteiger partial charge on any atom is -0.497 e. The third kappa shape index (κ3) is 7.13. The van der Waals surface area contributed by atoms with Gasteiger partial charge in [-0.3, -0.25) is 0 Å². The first-order chi connectivity index (χ1) is 29.8. The lowest BCUT2D eigenvalue weighted by Gasteiger charge is -2.47. The molecule has 3 aliphatic rings. The van der Waals surface area contributed by atoms with Crippen molar-refractivity contribution < 1.29 is 28.8 Å². The third-order valence-corrected chi connectivity index (χ3v) is 13.8. The van der Waals surface area contributed by atoms with Crippen molar-refractivity contribution in [3.8, 4) is 39.9 Å². The number of benzene rings is 5. The Morgan fingerprint density at radius 3 is 2.00 bits per heavy atom. The van der Waals surface area contributed by atoms with Gasteiger partial charge in [-0.1, -0.05) is 100 Å². The lowest BCUT2D eigenvalue weighted by molar-refractivity contribution is 0.118. The lowest BCUT2D eigenvalue weighted by Crippen LogP contribution is -2.38. The van der Waals surface area contributed by atoms with Crippen LogP contribution in [0.1, 0.15) is 106 Å². The Kier molecular flexibility index (Phi) is 11.9. The molecule has 1 atom stereocenters. The first kappa shape index (κ1) is 42.0. The Bertz CT molecular complexity index is 2490. The van der Waals surface area contributed by atoms with Crippen molar-refractivity contribution in [1.29, 1.82) is 0 Å². The van der Waals surface area contributed by atoms with Gasteiger partial charge in [0.2, 0.25) is 0 Å². The van der Waals surface area contributed by atoms with E-state index >= 15 is 0 Å². The maximum absolute atomic E-state index is 9.45. The molecule has 0 radical (unpaired) electrons. The fraction of sp³-hybridized carbons (Fsp3) is 0.345. The first-order valence-electron chi connectivity index (χ1n) is 22.0. The Labute approximate surface area is 362 Å². The van der Waals surface area contributed by atoms with Crippen molar-refractivity contribution in [1.82, 2.24) is 0 Å². The molecule has 0 aromatic heterocycles. The minimum atomic E-state index is -1.00. The fourth-order valence-electron chi connectivity index (χ4n) is 10.9. The highest BCUT2D eigenvalue weighted by molar-refractivity contribution is 6.10. The van der Waals surface area contributed by atoms with Crippen molar-refractivity contribution in [2.24, 2.45) is 5.41 Å². The molecule has 1 spiro atoms. The Morgan fingerprint density at radius 1 is 0.787 bits per heavy atom. The van der Waals surface area contributed by atoms with E-state index in [4.69, 9.17) is 23.7 Å². The van der Waals surface area contributed by atoms with Crippen LogP contribution >= 0.6 is 0 Å². The number of hydrogen-bond acceptors (Lipinski definition) is 6. The molecule has 5 aromatic carbocycles. The van der Waals surface area contributed by atoms with Crippen LogP contribution in [0.25, 0.3) is 33.5 Å². The average molecular weight is 817 g/mol. The average Bonchev–Trinajstić information content (AvgIpc) is 3.58. The maximum Gasteiger partial charge on any atom is 0.178 e. The van der Waals surface area contributed by atoms with Crippen LogP contribution in [0.5, 0.6) is 28.7 Å². The van der Waals surface area contributed by atoms with E-state index < -0.39 is 5.60 Å². The molecule has 1 fully saturated rings. The number of rotatable bonds is 15. The van der Waals surface area contributed by atoms with Gasteiger partial charge in [0, 0.05) is 27.5 Å². The first-order valence-corrected chi connectivity index (χ1v) is 22.0. The fourth-order valence-corrected chi connectivity index (χ4v) is 10.9. The van der Waals surface area contributed by atoms with Gasteiger partial charge < -0.3 is 28.8 Å². The van der Waals surface area contributed by atoms with Gasteiger partial charge in [-0.15, -0.1) is 0 Å². The normalized spacial score (nSPS) is 18.4. The van der Waals surface area contributed by atoms with Crippen LogP contribution in [0, 0.1) is 5.41 Å². The highest BCUT2D eigenvalue weighted by Gasteiger charge is 2.52. The third-order valence-electron chi connectivity index (χ3n) is 13.8. The summed E-state index contributed by atoms with van der Waals surface area (Å²) < 4.78 is 31.2. The van der Waals surface area contributed by atoms with Crippen LogP contribution in [0.3, 0.4) is 0 Å². The van der Waals surface area contributed by atoms with E-state index in [-0.39, 0.29) is 18.6 Å². The zero-order valence-electron chi connectivity index (χ0n) is 36.7. The van der Waals surface area contributed by atoms with Crippen molar-refractivity contribution in [2.75, 3.05) is 34.5 Å². The Hall–Kier alpha value is -5.72. The number of fused-ring (bicyclic) bond motifs is 10. The molecular formula is C55H60O6. The Balaban J connectivity index is 1.43. The molecule has 1 unspecified atom stereocenters. The molecule has 61 heavy (non-hydrogen) atoms. The summed E-state index contributed by atoms with van der Waals surface area (Å²) in [6.07, 6.45) is 22.2. The summed E-state index contributed by atoms with van der Waals surface area (Å²) in [5, 5.41) is 11.5. The molecule has 0 saturated heterocycles. The van der Waals surface area contributed by atoms with Crippen LogP contribution in [-0.2, 0) is 11.0 Å². The summed E-state index contributed by atoms with van der Waals surface area (Å²) in [5.74, 6) is 3.60. The highest BCUT2D eigenvalue weighted by atomic mass is 16.5.